The monoisotopic (exact) mass is 243 g/mol. The van der Waals surface area contributed by atoms with E-state index in [1.54, 1.807) is 0 Å². The highest BCUT2D eigenvalue weighted by Crippen LogP contribution is 2.24. The van der Waals surface area contributed by atoms with Gasteiger partial charge in [0.1, 0.15) is 11.8 Å². The largest absolute Gasteiger partial charge is 0.478 e. The number of nitrogens with zero attached hydrogens (tertiary/aromatic N) is 3. The minimum Gasteiger partial charge on any atom is -0.478 e. The van der Waals surface area contributed by atoms with Crippen LogP contribution in [0.2, 0.25) is 0 Å². The highest BCUT2D eigenvalue weighted by atomic mass is 16.5. The molecule has 3 aromatic rings. The Bertz CT molecular complexity index is 840. The van der Waals surface area contributed by atoms with Crippen molar-refractivity contribution in [2.45, 2.75) is 0 Å². The fourth-order valence-electron chi connectivity index (χ4n) is 1.80. The molecule has 3 rings (SSSR count). The summed E-state index contributed by atoms with van der Waals surface area (Å²) in [5.74, 6) is -1.12. The Kier molecular flexibility index (Phi) is 2.06. The normalized spacial score (nSPS) is 10.9. The lowest BCUT2D eigenvalue weighted by Crippen LogP contribution is -2.06. The molecular weight excluding hydrogens is 238 g/mol. The second kappa shape index (κ2) is 3.59. The number of carboxylic acids is 1. The average molecular weight is 243 g/mol. The van der Waals surface area contributed by atoms with Gasteiger partial charge in [-0.1, -0.05) is 0 Å². The van der Waals surface area contributed by atoms with Gasteiger partial charge in [0.05, 0.1) is 16.5 Å². The first-order chi connectivity index (χ1) is 8.66. The molecule has 0 saturated carbocycles. The van der Waals surface area contributed by atoms with Crippen LogP contribution in [0.5, 0.6) is 0 Å². The molecule has 0 bridgehead atoms. The Morgan fingerprint density at radius 1 is 1.28 bits per heavy atom. The van der Waals surface area contributed by atoms with Gasteiger partial charge in [-0.2, -0.15) is 0 Å². The Morgan fingerprint density at radius 3 is 2.89 bits per heavy atom. The first-order valence-electron chi connectivity index (χ1n) is 4.95. The smallest absolute Gasteiger partial charge is 0.336 e. The second-order valence-corrected chi connectivity index (χ2v) is 3.61. The zero-order valence-corrected chi connectivity index (χ0v) is 8.82. The summed E-state index contributed by atoms with van der Waals surface area (Å²) in [6.07, 6.45) is 1.28. The molecule has 0 radical (unpaired) electrons. The Hall–Kier alpha value is -2.83. The molecular formula is C11H5N3O4. The number of aromatic carboxylic acids is 1. The number of pyridine rings is 1. The van der Waals surface area contributed by atoms with E-state index in [4.69, 9.17) is 5.11 Å². The zero-order chi connectivity index (χ0) is 12.7. The summed E-state index contributed by atoms with van der Waals surface area (Å²) in [6.45, 7) is 0. The quantitative estimate of drug-likeness (QED) is 0.630. The minimum absolute atomic E-state index is 0.0190. The first kappa shape index (κ1) is 10.3. The number of benzene rings is 1. The van der Waals surface area contributed by atoms with Crippen molar-refractivity contribution in [3.05, 3.63) is 40.4 Å². The molecule has 7 nitrogen and oxygen atoms in total. The highest BCUT2D eigenvalue weighted by molar-refractivity contribution is 6.12. The molecule has 18 heavy (non-hydrogen) atoms. The van der Waals surface area contributed by atoms with Crippen LogP contribution in [0.15, 0.2) is 33.8 Å². The summed E-state index contributed by atoms with van der Waals surface area (Å²) >= 11 is 0. The maximum Gasteiger partial charge on any atom is 0.336 e. The van der Waals surface area contributed by atoms with E-state index in [0.717, 1.165) is 0 Å². The lowest BCUT2D eigenvalue weighted by atomic mass is 10.1. The molecule has 7 heteroatoms. The summed E-state index contributed by atoms with van der Waals surface area (Å²) in [4.78, 5) is 26.2. The lowest BCUT2D eigenvalue weighted by Gasteiger charge is -2.03. The number of aromatic nitrogens is 3. The molecule has 0 unspecified atom stereocenters. The van der Waals surface area contributed by atoms with Crippen LogP contribution in [0.25, 0.3) is 21.8 Å². The van der Waals surface area contributed by atoms with Gasteiger partial charge in [-0.15, -0.1) is 5.10 Å². The van der Waals surface area contributed by atoms with Gasteiger partial charge in [0.2, 0.25) is 0 Å². The molecule has 0 aliphatic heterocycles. The number of fused-ring (bicyclic) bond motifs is 3. The summed E-state index contributed by atoms with van der Waals surface area (Å²) in [6, 6.07) is 4.01. The topological polar surface area (TPSA) is 106 Å². The predicted molar refractivity (Wildman–Crippen MR) is 60.3 cm³/mol. The van der Waals surface area contributed by atoms with Crippen molar-refractivity contribution >= 4 is 27.8 Å². The molecule has 0 fully saturated rings. The second-order valence-electron chi connectivity index (χ2n) is 3.61. The molecule has 88 valence electrons. The van der Waals surface area contributed by atoms with Crippen LogP contribution in [0.4, 0.5) is 0 Å². The molecule has 1 aromatic carbocycles. The molecule has 2 heterocycles. The van der Waals surface area contributed by atoms with Crippen molar-refractivity contribution in [3.63, 3.8) is 0 Å². The molecule has 0 atom stereocenters. The number of hydrogen-bond acceptors (Lipinski definition) is 6. The number of carboxylic acid groups (broad SMARTS) is 1. The summed E-state index contributed by atoms with van der Waals surface area (Å²) in [5, 5.41) is 16.9. The van der Waals surface area contributed by atoms with E-state index < -0.39 is 11.5 Å². The lowest BCUT2D eigenvalue weighted by molar-refractivity contribution is 0.0699. The van der Waals surface area contributed by atoms with Gasteiger partial charge >= 0.3 is 5.97 Å². The third-order valence-corrected chi connectivity index (χ3v) is 2.57. The van der Waals surface area contributed by atoms with Gasteiger partial charge in [0.15, 0.2) is 0 Å². The molecule has 2 aromatic heterocycles. The number of carbonyl (C=O) groups is 1. The number of hydrogen-bond donors (Lipinski definition) is 1. The van der Waals surface area contributed by atoms with E-state index in [1.807, 2.05) is 0 Å². The molecule has 1 N–H and O–H groups in total. The summed E-state index contributed by atoms with van der Waals surface area (Å²) in [7, 11) is 0. The standard InChI is InChI=1S/C11H5N3O4/c15-9-2-1-5-6(11(16)17)3-8-7(10(5)12-9)4-18-14-13-8/h1-4H,(H,16,17). The van der Waals surface area contributed by atoms with Gasteiger partial charge < -0.3 is 9.63 Å². The maximum atomic E-state index is 11.3. The van der Waals surface area contributed by atoms with Crippen molar-refractivity contribution in [1.82, 2.24) is 15.4 Å². The van der Waals surface area contributed by atoms with Crippen LogP contribution in [-0.2, 0) is 0 Å². The van der Waals surface area contributed by atoms with Crippen molar-refractivity contribution in [2.75, 3.05) is 0 Å². The van der Waals surface area contributed by atoms with Gasteiger partial charge in [-0.3, -0.25) is 4.79 Å². The van der Waals surface area contributed by atoms with Crippen LogP contribution in [-0.4, -0.2) is 26.4 Å². The average Bonchev–Trinajstić information content (AvgIpc) is 2.37. The van der Waals surface area contributed by atoms with Gasteiger partial charge in [0.25, 0.3) is 5.56 Å². The fourth-order valence-corrected chi connectivity index (χ4v) is 1.80. The van der Waals surface area contributed by atoms with Crippen molar-refractivity contribution in [2.24, 2.45) is 0 Å². The van der Waals surface area contributed by atoms with E-state index >= 15 is 0 Å². The van der Waals surface area contributed by atoms with Gasteiger partial charge in [-0.25, -0.2) is 9.78 Å². The third kappa shape index (κ3) is 1.41. The Morgan fingerprint density at radius 2 is 2.11 bits per heavy atom. The van der Waals surface area contributed by atoms with E-state index in [0.29, 0.717) is 16.3 Å². The predicted octanol–water partition coefficient (Wildman–Crippen LogP) is 0.829. The van der Waals surface area contributed by atoms with E-state index in [1.165, 1.54) is 24.5 Å². The number of rotatable bonds is 1. The fraction of sp³-hybridized carbons (Fsp3) is 0. The van der Waals surface area contributed by atoms with Gasteiger partial charge in [0, 0.05) is 16.7 Å². The highest BCUT2D eigenvalue weighted by Gasteiger charge is 2.14. The summed E-state index contributed by atoms with van der Waals surface area (Å²) < 4.78 is 4.69. The van der Waals surface area contributed by atoms with Crippen molar-refractivity contribution in [1.29, 1.82) is 0 Å². The molecule has 0 spiro atoms. The van der Waals surface area contributed by atoms with Crippen LogP contribution in [0, 0.1) is 0 Å². The minimum atomic E-state index is -1.12. The Labute approximate surface area is 98.7 Å². The van der Waals surface area contributed by atoms with Crippen LogP contribution >= 0.6 is 0 Å². The summed E-state index contributed by atoms with van der Waals surface area (Å²) in [5.41, 5.74) is 0.119. The van der Waals surface area contributed by atoms with E-state index in [-0.39, 0.29) is 11.1 Å². The molecule has 0 saturated heterocycles. The van der Waals surface area contributed by atoms with E-state index in [9.17, 15) is 9.59 Å². The molecule has 0 aliphatic carbocycles. The molecule has 0 aliphatic rings. The van der Waals surface area contributed by atoms with Gasteiger partial charge in [-0.05, 0) is 12.1 Å². The Balaban J connectivity index is 2.63. The van der Waals surface area contributed by atoms with E-state index in [2.05, 4.69) is 19.9 Å². The van der Waals surface area contributed by atoms with Crippen LogP contribution in [0.3, 0.4) is 0 Å². The van der Waals surface area contributed by atoms with Crippen LogP contribution < -0.4 is 5.56 Å². The van der Waals surface area contributed by atoms with Crippen LogP contribution in [0.1, 0.15) is 10.4 Å². The first-order valence-corrected chi connectivity index (χ1v) is 4.95. The van der Waals surface area contributed by atoms with Crippen molar-refractivity contribution < 1.29 is 14.4 Å². The van der Waals surface area contributed by atoms with Crippen molar-refractivity contribution in [3.8, 4) is 0 Å². The SMILES string of the molecule is O=C(O)c1cc2nnocc2c2nc(=O)ccc12. The zero-order valence-electron chi connectivity index (χ0n) is 8.82. The molecule has 0 amide bonds. The maximum absolute atomic E-state index is 11.3. The third-order valence-electron chi connectivity index (χ3n) is 2.57.